The first-order valence-electron chi connectivity index (χ1n) is 4.10. The number of hydrogen-bond acceptors (Lipinski definition) is 1. The monoisotopic (exact) mass is 225 g/mol. The van der Waals surface area contributed by atoms with Crippen molar-refractivity contribution in [2.45, 2.75) is 13.0 Å². The lowest BCUT2D eigenvalue weighted by atomic mass is 10.1. The van der Waals surface area contributed by atoms with Crippen LogP contribution in [0.1, 0.15) is 18.5 Å². The SMILES string of the molecule is CNC(C)c1c(F)c(F)c(F)c(F)c1F. The van der Waals surface area contributed by atoms with Crippen LogP contribution in [0.15, 0.2) is 0 Å². The van der Waals surface area contributed by atoms with Gasteiger partial charge in [-0.2, -0.15) is 0 Å². The van der Waals surface area contributed by atoms with Gasteiger partial charge in [-0.3, -0.25) is 0 Å². The molecule has 0 saturated heterocycles. The van der Waals surface area contributed by atoms with Crippen molar-refractivity contribution in [2.75, 3.05) is 7.05 Å². The highest BCUT2D eigenvalue weighted by atomic mass is 19.2. The lowest BCUT2D eigenvalue weighted by Gasteiger charge is -2.14. The van der Waals surface area contributed by atoms with Crippen LogP contribution >= 0.6 is 0 Å². The van der Waals surface area contributed by atoms with Crippen molar-refractivity contribution in [1.29, 1.82) is 0 Å². The van der Waals surface area contributed by atoms with Crippen molar-refractivity contribution < 1.29 is 22.0 Å². The molecule has 6 heteroatoms. The summed E-state index contributed by atoms with van der Waals surface area (Å²) in [5.74, 6) is -9.59. The molecule has 0 radical (unpaired) electrons. The van der Waals surface area contributed by atoms with Gasteiger partial charge in [0.15, 0.2) is 23.3 Å². The maximum Gasteiger partial charge on any atom is 0.200 e. The molecule has 0 saturated carbocycles. The van der Waals surface area contributed by atoms with Gasteiger partial charge in [-0.1, -0.05) is 0 Å². The molecule has 0 aromatic heterocycles. The Hall–Kier alpha value is -1.17. The van der Waals surface area contributed by atoms with Crippen LogP contribution < -0.4 is 5.32 Å². The minimum atomic E-state index is -2.14. The molecule has 1 rings (SSSR count). The van der Waals surface area contributed by atoms with Gasteiger partial charge in [0, 0.05) is 11.6 Å². The average Bonchev–Trinajstić information content (AvgIpc) is 2.23. The highest BCUT2D eigenvalue weighted by Crippen LogP contribution is 2.27. The Kier molecular flexibility index (Phi) is 3.28. The lowest BCUT2D eigenvalue weighted by Crippen LogP contribution is -2.18. The van der Waals surface area contributed by atoms with E-state index in [1.807, 2.05) is 0 Å². The first-order valence-corrected chi connectivity index (χ1v) is 4.10. The van der Waals surface area contributed by atoms with Crippen molar-refractivity contribution in [1.82, 2.24) is 5.32 Å². The van der Waals surface area contributed by atoms with Crippen molar-refractivity contribution >= 4 is 0 Å². The van der Waals surface area contributed by atoms with E-state index in [-0.39, 0.29) is 0 Å². The zero-order valence-corrected chi connectivity index (χ0v) is 7.97. The van der Waals surface area contributed by atoms with Crippen LogP contribution in [0, 0.1) is 29.1 Å². The first kappa shape index (κ1) is 11.9. The summed E-state index contributed by atoms with van der Waals surface area (Å²) in [7, 11) is 1.35. The number of rotatable bonds is 2. The zero-order chi connectivity index (χ0) is 11.7. The quantitative estimate of drug-likeness (QED) is 0.463. The zero-order valence-electron chi connectivity index (χ0n) is 7.97. The van der Waals surface area contributed by atoms with Gasteiger partial charge in [0.2, 0.25) is 5.82 Å². The van der Waals surface area contributed by atoms with Crippen LogP contribution in [-0.2, 0) is 0 Å². The molecule has 1 atom stereocenters. The molecule has 0 heterocycles. The van der Waals surface area contributed by atoms with Crippen molar-refractivity contribution in [2.24, 2.45) is 0 Å². The fraction of sp³-hybridized carbons (Fsp3) is 0.333. The fourth-order valence-electron chi connectivity index (χ4n) is 1.15. The Balaban J connectivity index is 3.52. The predicted octanol–water partition coefficient (Wildman–Crippen LogP) is 2.66. The second kappa shape index (κ2) is 4.14. The number of nitrogens with one attached hydrogen (secondary N) is 1. The van der Waals surface area contributed by atoms with Crippen molar-refractivity contribution in [3.63, 3.8) is 0 Å². The van der Waals surface area contributed by atoms with Crippen molar-refractivity contribution in [3.8, 4) is 0 Å². The van der Waals surface area contributed by atoms with Gasteiger partial charge in [0.05, 0.1) is 0 Å². The molecule has 0 amide bonds. The topological polar surface area (TPSA) is 12.0 Å². The van der Waals surface area contributed by atoms with Gasteiger partial charge in [0.1, 0.15) is 0 Å². The van der Waals surface area contributed by atoms with Crippen LogP contribution in [0.4, 0.5) is 22.0 Å². The number of benzene rings is 1. The predicted molar refractivity (Wildman–Crippen MR) is 43.7 cm³/mol. The molecule has 84 valence electrons. The van der Waals surface area contributed by atoms with Gasteiger partial charge in [-0.25, -0.2) is 22.0 Å². The van der Waals surface area contributed by atoms with Crippen LogP contribution in [0.3, 0.4) is 0 Å². The summed E-state index contributed by atoms with van der Waals surface area (Å²) in [6.45, 7) is 1.29. The van der Waals surface area contributed by atoms with E-state index in [2.05, 4.69) is 5.32 Å². The summed E-state index contributed by atoms with van der Waals surface area (Å²) in [4.78, 5) is 0. The van der Waals surface area contributed by atoms with E-state index in [4.69, 9.17) is 0 Å². The van der Waals surface area contributed by atoms with Gasteiger partial charge in [0.25, 0.3) is 0 Å². The van der Waals surface area contributed by atoms with Gasteiger partial charge < -0.3 is 5.32 Å². The maximum atomic E-state index is 13.1. The summed E-state index contributed by atoms with van der Waals surface area (Å²) in [5.41, 5.74) is -0.853. The maximum absolute atomic E-state index is 13.1. The van der Waals surface area contributed by atoms with E-state index in [1.54, 1.807) is 0 Å². The second-order valence-corrected chi connectivity index (χ2v) is 2.99. The summed E-state index contributed by atoms with van der Waals surface area (Å²) >= 11 is 0. The molecular formula is C9H8F5N. The third-order valence-corrected chi connectivity index (χ3v) is 2.11. The van der Waals surface area contributed by atoms with Crippen LogP contribution in [0.2, 0.25) is 0 Å². The molecule has 1 unspecified atom stereocenters. The van der Waals surface area contributed by atoms with E-state index >= 15 is 0 Å². The summed E-state index contributed by atoms with van der Waals surface area (Å²) in [5, 5.41) is 2.40. The van der Waals surface area contributed by atoms with Crippen LogP contribution in [0.25, 0.3) is 0 Å². The van der Waals surface area contributed by atoms with E-state index in [0.717, 1.165) is 0 Å². The molecule has 0 spiro atoms. The largest absolute Gasteiger partial charge is 0.313 e. The summed E-state index contributed by atoms with van der Waals surface area (Å²) < 4.78 is 64.2. The normalized spacial score (nSPS) is 13.0. The molecule has 0 fully saturated rings. The molecular weight excluding hydrogens is 217 g/mol. The Bertz CT molecular complexity index is 362. The third-order valence-electron chi connectivity index (χ3n) is 2.11. The molecule has 0 aliphatic heterocycles. The number of halogens is 5. The van der Waals surface area contributed by atoms with Gasteiger partial charge >= 0.3 is 0 Å². The van der Waals surface area contributed by atoms with E-state index in [0.29, 0.717) is 0 Å². The molecule has 1 aromatic rings. The van der Waals surface area contributed by atoms with E-state index in [9.17, 15) is 22.0 Å². The Morgan fingerprint density at radius 2 is 1.13 bits per heavy atom. The minimum Gasteiger partial charge on any atom is -0.313 e. The average molecular weight is 225 g/mol. The lowest BCUT2D eigenvalue weighted by molar-refractivity contribution is 0.361. The Morgan fingerprint density at radius 3 is 1.47 bits per heavy atom. The van der Waals surface area contributed by atoms with Crippen LogP contribution in [-0.4, -0.2) is 7.05 Å². The molecule has 1 aromatic carbocycles. The molecule has 0 aliphatic carbocycles. The van der Waals surface area contributed by atoms with E-state index < -0.39 is 40.7 Å². The fourth-order valence-corrected chi connectivity index (χ4v) is 1.15. The molecule has 1 N–H and O–H groups in total. The Labute approximate surface area is 82.9 Å². The van der Waals surface area contributed by atoms with E-state index in [1.165, 1.54) is 14.0 Å². The molecule has 0 aliphatic rings. The molecule has 0 bridgehead atoms. The summed E-state index contributed by atoms with van der Waals surface area (Å²) in [6, 6.07) is -0.963. The minimum absolute atomic E-state index is 0.853. The molecule has 15 heavy (non-hydrogen) atoms. The van der Waals surface area contributed by atoms with Gasteiger partial charge in [-0.15, -0.1) is 0 Å². The summed E-state index contributed by atoms with van der Waals surface area (Å²) in [6.07, 6.45) is 0. The standard InChI is InChI=1S/C9H8F5N/c1-3(15-2)4-5(10)7(12)9(14)8(13)6(4)11/h3,15H,1-2H3. The van der Waals surface area contributed by atoms with Gasteiger partial charge in [-0.05, 0) is 14.0 Å². The second-order valence-electron chi connectivity index (χ2n) is 2.99. The van der Waals surface area contributed by atoms with Crippen molar-refractivity contribution in [3.05, 3.63) is 34.6 Å². The smallest absolute Gasteiger partial charge is 0.200 e. The first-order chi connectivity index (χ1) is 6.91. The highest BCUT2D eigenvalue weighted by Gasteiger charge is 2.27. The van der Waals surface area contributed by atoms with Crippen LogP contribution in [0.5, 0.6) is 0 Å². The molecule has 1 nitrogen and oxygen atoms in total. The highest BCUT2D eigenvalue weighted by molar-refractivity contribution is 5.26. The third kappa shape index (κ3) is 1.81. The number of hydrogen-bond donors (Lipinski definition) is 1. The Morgan fingerprint density at radius 1 is 0.800 bits per heavy atom.